The standard InChI is InChI=1S/C16H18O2/c1-10-5-4-6-11-12-7-2-3-8-16(12)9-13(17)18-15(16)14(10)11/h4-6,12,15H,2-3,7-9H2,1H3. The number of aryl methyl sites for hydroxylation is 1. The van der Waals surface area contributed by atoms with E-state index in [1.165, 1.54) is 36.0 Å². The van der Waals surface area contributed by atoms with E-state index in [4.69, 9.17) is 4.74 Å². The lowest BCUT2D eigenvalue weighted by Gasteiger charge is -2.37. The lowest BCUT2D eigenvalue weighted by Crippen LogP contribution is -2.29. The Morgan fingerprint density at radius 2 is 2.22 bits per heavy atom. The van der Waals surface area contributed by atoms with Crippen LogP contribution in [0.25, 0.3) is 0 Å². The van der Waals surface area contributed by atoms with E-state index in [-0.39, 0.29) is 17.5 Å². The molecule has 4 rings (SSSR count). The fourth-order valence-corrected chi connectivity index (χ4v) is 4.62. The lowest BCUT2D eigenvalue weighted by atomic mass is 9.65. The number of fused-ring (bicyclic) bond motifs is 3. The van der Waals surface area contributed by atoms with Gasteiger partial charge < -0.3 is 4.74 Å². The molecule has 1 aliphatic heterocycles. The van der Waals surface area contributed by atoms with Crippen LogP contribution >= 0.6 is 0 Å². The highest BCUT2D eigenvalue weighted by atomic mass is 16.6. The molecule has 1 aromatic carbocycles. The molecule has 1 heterocycles. The summed E-state index contributed by atoms with van der Waals surface area (Å²) in [6, 6.07) is 6.56. The van der Waals surface area contributed by atoms with Gasteiger partial charge >= 0.3 is 5.97 Å². The molecule has 0 aromatic heterocycles. The number of benzene rings is 1. The Kier molecular flexibility index (Phi) is 1.98. The molecule has 2 nitrogen and oxygen atoms in total. The van der Waals surface area contributed by atoms with Crippen molar-refractivity contribution in [3.63, 3.8) is 0 Å². The monoisotopic (exact) mass is 242 g/mol. The predicted molar refractivity (Wildman–Crippen MR) is 68.3 cm³/mol. The van der Waals surface area contributed by atoms with Gasteiger partial charge in [0.05, 0.1) is 6.42 Å². The molecule has 0 N–H and O–H groups in total. The maximum absolute atomic E-state index is 11.8. The van der Waals surface area contributed by atoms with Gasteiger partial charge in [-0.2, -0.15) is 0 Å². The number of esters is 1. The van der Waals surface area contributed by atoms with Gasteiger partial charge in [0.15, 0.2) is 0 Å². The zero-order chi connectivity index (χ0) is 12.3. The Balaban J connectivity index is 1.95. The molecule has 3 atom stereocenters. The highest BCUT2D eigenvalue weighted by Gasteiger charge is 2.60. The van der Waals surface area contributed by atoms with Crippen LogP contribution in [-0.4, -0.2) is 5.97 Å². The lowest BCUT2D eigenvalue weighted by molar-refractivity contribution is -0.142. The average molecular weight is 242 g/mol. The maximum atomic E-state index is 11.8. The fraction of sp³-hybridized carbons (Fsp3) is 0.562. The summed E-state index contributed by atoms with van der Waals surface area (Å²) in [5, 5.41) is 0. The summed E-state index contributed by atoms with van der Waals surface area (Å²) in [4.78, 5) is 11.8. The average Bonchev–Trinajstić information content (AvgIpc) is 2.79. The van der Waals surface area contributed by atoms with Gasteiger partial charge in [-0.05, 0) is 42.4 Å². The first-order valence-corrected chi connectivity index (χ1v) is 7.01. The van der Waals surface area contributed by atoms with Crippen molar-refractivity contribution in [1.29, 1.82) is 0 Å². The number of hydrogen-bond donors (Lipinski definition) is 0. The normalized spacial score (nSPS) is 36.8. The predicted octanol–water partition coefficient (Wildman–Crippen LogP) is 3.64. The number of carbonyl (C=O) groups is 1. The zero-order valence-electron chi connectivity index (χ0n) is 10.7. The van der Waals surface area contributed by atoms with E-state index in [9.17, 15) is 4.79 Å². The van der Waals surface area contributed by atoms with Crippen molar-refractivity contribution in [3.05, 3.63) is 34.9 Å². The van der Waals surface area contributed by atoms with Crippen LogP contribution in [0.4, 0.5) is 0 Å². The zero-order valence-corrected chi connectivity index (χ0v) is 10.7. The van der Waals surface area contributed by atoms with Crippen LogP contribution in [0.2, 0.25) is 0 Å². The van der Waals surface area contributed by atoms with E-state index < -0.39 is 0 Å². The smallest absolute Gasteiger partial charge is 0.307 e. The first-order valence-electron chi connectivity index (χ1n) is 7.01. The molecule has 1 spiro atoms. The van der Waals surface area contributed by atoms with Crippen molar-refractivity contribution in [3.8, 4) is 0 Å². The first kappa shape index (κ1) is 10.6. The largest absolute Gasteiger partial charge is 0.457 e. The molecule has 2 fully saturated rings. The minimum atomic E-state index is 0.0146. The Hall–Kier alpha value is -1.31. The van der Waals surface area contributed by atoms with E-state index in [1.807, 2.05) is 0 Å². The molecule has 0 amide bonds. The second kappa shape index (κ2) is 3.37. The summed E-state index contributed by atoms with van der Waals surface area (Å²) in [6.07, 6.45) is 5.60. The Morgan fingerprint density at radius 3 is 3.11 bits per heavy atom. The highest BCUT2D eigenvalue weighted by molar-refractivity contribution is 5.75. The molecule has 18 heavy (non-hydrogen) atoms. The number of ether oxygens (including phenoxy) is 1. The third kappa shape index (κ3) is 1.12. The van der Waals surface area contributed by atoms with Crippen LogP contribution in [0.5, 0.6) is 0 Å². The quantitative estimate of drug-likeness (QED) is 0.649. The summed E-state index contributed by atoms with van der Waals surface area (Å²) in [5.74, 6) is 0.568. The van der Waals surface area contributed by atoms with E-state index >= 15 is 0 Å². The van der Waals surface area contributed by atoms with E-state index in [0.29, 0.717) is 12.3 Å². The van der Waals surface area contributed by atoms with Crippen molar-refractivity contribution < 1.29 is 9.53 Å². The van der Waals surface area contributed by atoms with Crippen molar-refractivity contribution in [1.82, 2.24) is 0 Å². The first-order chi connectivity index (χ1) is 8.72. The minimum absolute atomic E-state index is 0.0146. The van der Waals surface area contributed by atoms with E-state index in [1.54, 1.807) is 0 Å². The van der Waals surface area contributed by atoms with Crippen molar-refractivity contribution in [2.75, 3.05) is 0 Å². The Labute approximate surface area is 107 Å². The molecule has 0 radical (unpaired) electrons. The van der Waals surface area contributed by atoms with Crippen LogP contribution in [0.15, 0.2) is 18.2 Å². The molecule has 1 saturated heterocycles. The van der Waals surface area contributed by atoms with Crippen molar-refractivity contribution in [2.45, 2.75) is 51.0 Å². The molecule has 0 bridgehead atoms. The van der Waals surface area contributed by atoms with Gasteiger partial charge in [0, 0.05) is 5.41 Å². The van der Waals surface area contributed by atoms with E-state index in [0.717, 1.165) is 6.42 Å². The van der Waals surface area contributed by atoms with Crippen molar-refractivity contribution in [2.24, 2.45) is 5.41 Å². The molecular formula is C16H18O2. The summed E-state index contributed by atoms with van der Waals surface area (Å²) < 4.78 is 5.71. The van der Waals surface area contributed by atoms with Crippen LogP contribution < -0.4 is 0 Å². The van der Waals surface area contributed by atoms with Crippen LogP contribution in [0.1, 0.15) is 60.8 Å². The topological polar surface area (TPSA) is 26.3 Å². The number of hydrogen-bond acceptors (Lipinski definition) is 2. The molecular weight excluding hydrogens is 224 g/mol. The summed E-state index contributed by atoms with van der Waals surface area (Å²) in [7, 11) is 0. The molecule has 2 heteroatoms. The maximum Gasteiger partial charge on any atom is 0.307 e. The van der Waals surface area contributed by atoms with Gasteiger partial charge in [-0.1, -0.05) is 31.0 Å². The Bertz CT molecular complexity index is 534. The second-order valence-corrected chi connectivity index (χ2v) is 6.16. The molecule has 3 unspecified atom stereocenters. The summed E-state index contributed by atoms with van der Waals surface area (Å²) in [5.41, 5.74) is 4.19. The van der Waals surface area contributed by atoms with Crippen LogP contribution in [0, 0.1) is 12.3 Å². The van der Waals surface area contributed by atoms with Gasteiger partial charge in [0.25, 0.3) is 0 Å². The molecule has 94 valence electrons. The molecule has 2 aliphatic carbocycles. The second-order valence-electron chi connectivity index (χ2n) is 6.16. The van der Waals surface area contributed by atoms with Gasteiger partial charge in [-0.25, -0.2) is 0 Å². The third-order valence-electron chi connectivity index (χ3n) is 5.32. The van der Waals surface area contributed by atoms with Gasteiger partial charge in [-0.15, -0.1) is 0 Å². The SMILES string of the molecule is Cc1cccc2c1C1OC(=O)CC13CCCCC23. The molecule has 1 saturated carbocycles. The summed E-state index contributed by atoms with van der Waals surface area (Å²) >= 11 is 0. The highest BCUT2D eigenvalue weighted by Crippen LogP contribution is 2.67. The Morgan fingerprint density at radius 1 is 1.33 bits per heavy atom. The molecule has 3 aliphatic rings. The van der Waals surface area contributed by atoms with Gasteiger partial charge in [0.1, 0.15) is 6.10 Å². The minimum Gasteiger partial charge on any atom is -0.457 e. The number of carbonyl (C=O) groups excluding carboxylic acids is 1. The van der Waals surface area contributed by atoms with E-state index in [2.05, 4.69) is 25.1 Å². The fourth-order valence-electron chi connectivity index (χ4n) is 4.62. The third-order valence-corrected chi connectivity index (χ3v) is 5.32. The van der Waals surface area contributed by atoms with Crippen LogP contribution in [-0.2, 0) is 9.53 Å². The van der Waals surface area contributed by atoms with Crippen LogP contribution in [0.3, 0.4) is 0 Å². The van der Waals surface area contributed by atoms with Crippen molar-refractivity contribution >= 4 is 5.97 Å². The van der Waals surface area contributed by atoms with Gasteiger partial charge in [-0.3, -0.25) is 4.79 Å². The van der Waals surface area contributed by atoms with Gasteiger partial charge in [0.2, 0.25) is 0 Å². The number of rotatable bonds is 0. The molecule has 1 aromatic rings. The summed E-state index contributed by atoms with van der Waals surface area (Å²) in [6.45, 7) is 2.15.